The van der Waals surface area contributed by atoms with Crippen LogP contribution in [0.2, 0.25) is 0 Å². The molecule has 13 nitrogen and oxygen atoms in total. The Bertz CT molecular complexity index is 1680. The third kappa shape index (κ3) is 12.5. The quantitative estimate of drug-likeness (QED) is 0.276. The van der Waals surface area contributed by atoms with Gasteiger partial charge in [-0.1, -0.05) is 6.07 Å². The summed E-state index contributed by atoms with van der Waals surface area (Å²) >= 11 is 0. The maximum absolute atomic E-state index is 10.6. The third-order valence-electron chi connectivity index (χ3n) is 8.42. The summed E-state index contributed by atoms with van der Waals surface area (Å²) in [5, 5.41) is 21.4. The minimum atomic E-state index is -5.08. The van der Waals surface area contributed by atoms with Gasteiger partial charge in [-0.2, -0.15) is 39.5 Å². The summed E-state index contributed by atoms with van der Waals surface area (Å²) in [5.74, 6) is -5.40. The fourth-order valence-electron chi connectivity index (χ4n) is 5.78. The number of carboxylic acid groups (broad SMARTS) is 3. The summed E-state index contributed by atoms with van der Waals surface area (Å²) in [4.78, 5) is 50.7. The van der Waals surface area contributed by atoms with Crippen molar-refractivity contribution in [3.8, 4) is 0 Å². The Morgan fingerprint density at radius 1 is 0.796 bits per heavy atom. The lowest BCUT2D eigenvalue weighted by atomic mass is 9.72. The molecule has 5 heterocycles. The summed E-state index contributed by atoms with van der Waals surface area (Å²) in [6.45, 7) is 10.2. The average Bonchev–Trinajstić information content (AvgIpc) is 3.84. The van der Waals surface area contributed by atoms with Crippen molar-refractivity contribution in [2.75, 3.05) is 24.5 Å². The summed E-state index contributed by atoms with van der Waals surface area (Å²) in [5.41, 5.74) is 5.15. The minimum absolute atomic E-state index is 0.0856. The summed E-state index contributed by atoms with van der Waals surface area (Å²) in [6, 6.07) is 8.25. The van der Waals surface area contributed by atoms with Gasteiger partial charge >= 0.3 is 36.4 Å². The van der Waals surface area contributed by atoms with Crippen molar-refractivity contribution in [1.29, 1.82) is 0 Å². The zero-order valence-corrected chi connectivity index (χ0v) is 28.7. The SMILES string of the molecule is Cc1cccc(CN2Cc3c(nc(C)n3CC3CC3)C3(CCN(c4ncccn4)CC3)C2)n1.O=C(O)C(F)(F)F.O=C(O)C(F)(F)F.O=C(O)C(F)(F)F. The van der Waals surface area contributed by atoms with Gasteiger partial charge in [-0.15, -0.1) is 0 Å². The van der Waals surface area contributed by atoms with Crippen LogP contribution in [0, 0.1) is 19.8 Å². The van der Waals surface area contributed by atoms with Crippen LogP contribution >= 0.6 is 0 Å². The Balaban J connectivity index is 0.000000307. The van der Waals surface area contributed by atoms with Crippen LogP contribution in [-0.2, 0) is 39.4 Å². The number of fused-ring (bicyclic) bond motifs is 2. The van der Waals surface area contributed by atoms with E-state index >= 15 is 0 Å². The highest BCUT2D eigenvalue weighted by Gasteiger charge is 2.46. The predicted octanol–water partition coefficient (Wildman–Crippen LogP) is 5.55. The van der Waals surface area contributed by atoms with E-state index in [4.69, 9.17) is 39.7 Å². The normalized spacial score (nSPS) is 16.8. The molecule has 2 fully saturated rings. The van der Waals surface area contributed by atoms with Gasteiger partial charge in [-0.05, 0) is 63.6 Å². The molecule has 3 N–H and O–H groups in total. The van der Waals surface area contributed by atoms with E-state index < -0.39 is 36.4 Å². The first-order valence-corrected chi connectivity index (χ1v) is 16.1. The smallest absolute Gasteiger partial charge is 0.475 e. The highest BCUT2D eigenvalue weighted by molar-refractivity contribution is 5.73. The third-order valence-corrected chi connectivity index (χ3v) is 8.42. The molecular formula is C32H36F9N7O6. The van der Waals surface area contributed by atoms with Crippen molar-refractivity contribution in [1.82, 2.24) is 29.4 Å². The topological polar surface area (TPSA) is 175 Å². The second-order valence-corrected chi connectivity index (χ2v) is 12.6. The van der Waals surface area contributed by atoms with Gasteiger partial charge in [0.25, 0.3) is 0 Å². The molecule has 0 aromatic carbocycles. The molecule has 1 saturated carbocycles. The van der Waals surface area contributed by atoms with E-state index in [1.807, 2.05) is 18.5 Å². The highest BCUT2D eigenvalue weighted by Crippen LogP contribution is 2.43. The molecule has 2 aliphatic heterocycles. The van der Waals surface area contributed by atoms with Crippen LogP contribution in [0.15, 0.2) is 36.7 Å². The number of hydrogen-bond acceptors (Lipinski definition) is 9. The van der Waals surface area contributed by atoms with Crippen LogP contribution in [0.3, 0.4) is 0 Å². The number of pyridine rings is 1. The minimum Gasteiger partial charge on any atom is -0.475 e. The Labute approximate surface area is 301 Å². The van der Waals surface area contributed by atoms with Crippen LogP contribution in [0.1, 0.15) is 54.3 Å². The van der Waals surface area contributed by atoms with Gasteiger partial charge in [0, 0.05) is 62.8 Å². The zero-order chi connectivity index (χ0) is 40.6. The maximum Gasteiger partial charge on any atom is 0.490 e. The van der Waals surface area contributed by atoms with Gasteiger partial charge in [-0.25, -0.2) is 29.3 Å². The molecular weight excluding hydrogens is 749 g/mol. The van der Waals surface area contributed by atoms with E-state index in [1.54, 1.807) is 0 Å². The molecule has 3 aromatic heterocycles. The van der Waals surface area contributed by atoms with E-state index in [1.165, 1.54) is 30.1 Å². The molecule has 54 heavy (non-hydrogen) atoms. The number of carboxylic acids is 3. The second-order valence-electron chi connectivity index (χ2n) is 12.6. The lowest BCUT2D eigenvalue weighted by Crippen LogP contribution is -2.52. The molecule has 0 bridgehead atoms. The van der Waals surface area contributed by atoms with Crippen LogP contribution in [0.25, 0.3) is 0 Å². The number of anilines is 1. The molecule has 0 amide bonds. The van der Waals surface area contributed by atoms with Crippen LogP contribution in [0.5, 0.6) is 0 Å². The van der Waals surface area contributed by atoms with Gasteiger partial charge < -0.3 is 24.8 Å². The molecule has 0 radical (unpaired) electrons. The van der Waals surface area contributed by atoms with Gasteiger partial charge in [0.2, 0.25) is 5.95 Å². The van der Waals surface area contributed by atoms with E-state index in [0.717, 1.165) is 75.4 Å². The Kier molecular flexibility index (Phi) is 14.0. The molecule has 1 aliphatic carbocycles. The number of hydrogen-bond donors (Lipinski definition) is 3. The van der Waals surface area contributed by atoms with Crippen molar-refractivity contribution in [2.45, 2.75) is 83.1 Å². The number of alkyl halides is 9. The molecule has 1 spiro atoms. The molecule has 22 heteroatoms. The number of aromatic nitrogens is 5. The molecule has 0 unspecified atom stereocenters. The lowest BCUT2D eigenvalue weighted by molar-refractivity contribution is -0.193. The standard InChI is InChI=1S/C26H33N7.3C2HF3O2/c1-19-5-3-6-22(29-19)16-31-17-23-24(30-20(2)33(23)15-21-7-8-21)26(18-31)9-13-32(14-10-26)25-27-11-4-12-28-25;3*3-2(4,5)1(6)7/h3-6,11-12,21H,7-10,13-18H2,1-2H3;3*(H,6,7). The fourth-order valence-corrected chi connectivity index (χ4v) is 5.78. The molecule has 0 atom stereocenters. The van der Waals surface area contributed by atoms with E-state index in [-0.39, 0.29) is 5.41 Å². The molecule has 298 valence electrons. The monoisotopic (exact) mass is 785 g/mol. The van der Waals surface area contributed by atoms with Gasteiger partial charge in [-0.3, -0.25) is 9.88 Å². The first kappa shape index (κ1) is 43.4. The largest absolute Gasteiger partial charge is 0.490 e. The van der Waals surface area contributed by atoms with Crippen molar-refractivity contribution >= 4 is 23.9 Å². The van der Waals surface area contributed by atoms with E-state index in [9.17, 15) is 39.5 Å². The highest BCUT2D eigenvalue weighted by atomic mass is 19.4. The van der Waals surface area contributed by atoms with Crippen LogP contribution < -0.4 is 4.90 Å². The Morgan fingerprint density at radius 3 is 1.74 bits per heavy atom. The predicted molar refractivity (Wildman–Crippen MR) is 169 cm³/mol. The van der Waals surface area contributed by atoms with Crippen LogP contribution in [0.4, 0.5) is 45.5 Å². The molecule has 1 saturated heterocycles. The van der Waals surface area contributed by atoms with E-state index in [0.29, 0.717) is 0 Å². The fraction of sp³-hybridized carbons (Fsp3) is 0.531. The lowest BCUT2D eigenvalue weighted by Gasteiger charge is -2.47. The van der Waals surface area contributed by atoms with Gasteiger partial charge in [0.05, 0.1) is 17.1 Å². The molecule has 6 rings (SSSR count). The summed E-state index contributed by atoms with van der Waals surface area (Å²) < 4.78 is 97.7. The number of carbonyl (C=O) groups is 3. The van der Waals surface area contributed by atoms with E-state index in [2.05, 4.69) is 56.4 Å². The number of imidazole rings is 1. The van der Waals surface area contributed by atoms with Crippen LogP contribution in [-0.4, -0.2) is 101 Å². The van der Waals surface area contributed by atoms with Crippen molar-refractivity contribution in [2.24, 2.45) is 5.92 Å². The Hall–Kier alpha value is -5.02. The first-order valence-electron chi connectivity index (χ1n) is 16.1. The number of halogens is 9. The molecule has 3 aliphatic rings. The first-order chi connectivity index (χ1) is 24.9. The number of rotatable bonds is 5. The maximum atomic E-state index is 10.6. The molecule has 3 aromatic rings. The van der Waals surface area contributed by atoms with Crippen molar-refractivity contribution in [3.05, 3.63) is 65.3 Å². The number of nitrogens with zero attached hydrogens (tertiary/aromatic N) is 7. The Morgan fingerprint density at radius 2 is 1.30 bits per heavy atom. The average molecular weight is 786 g/mol. The number of aryl methyl sites for hydroxylation is 2. The summed E-state index contributed by atoms with van der Waals surface area (Å²) in [6.07, 6.45) is -6.69. The zero-order valence-electron chi connectivity index (χ0n) is 28.7. The van der Waals surface area contributed by atoms with Crippen molar-refractivity contribution < 1.29 is 69.2 Å². The van der Waals surface area contributed by atoms with Crippen molar-refractivity contribution in [3.63, 3.8) is 0 Å². The van der Waals surface area contributed by atoms with Gasteiger partial charge in [0.1, 0.15) is 5.82 Å². The number of piperidine rings is 1. The summed E-state index contributed by atoms with van der Waals surface area (Å²) in [7, 11) is 0. The number of aliphatic carboxylic acids is 3. The second kappa shape index (κ2) is 17.4. The van der Waals surface area contributed by atoms with Gasteiger partial charge in [0.15, 0.2) is 0 Å².